The van der Waals surface area contributed by atoms with Crippen molar-refractivity contribution < 1.29 is 9.90 Å². The molecule has 0 atom stereocenters. The molecule has 2 heterocycles. The van der Waals surface area contributed by atoms with E-state index >= 15 is 0 Å². The minimum Gasteiger partial charge on any atom is -0.507 e. The van der Waals surface area contributed by atoms with E-state index in [4.69, 9.17) is 0 Å². The Kier molecular flexibility index (Phi) is 2.94. The number of aryl methyl sites for hydroxylation is 1. The molecule has 1 aliphatic rings. The van der Waals surface area contributed by atoms with Crippen LogP contribution >= 0.6 is 11.3 Å². The van der Waals surface area contributed by atoms with Crippen molar-refractivity contribution in [2.24, 2.45) is 0 Å². The number of carbonyl (C=O) groups is 1. The molecule has 1 N–H and O–H groups in total. The van der Waals surface area contributed by atoms with Crippen molar-refractivity contribution >= 4 is 33.7 Å². The number of hydrogen-bond donors (Lipinski definition) is 1. The lowest BCUT2D eigenvalue weighted by Crippen LogP contribution is -2.28. The molecular weight excluding hydrogens is 294 g/mol. The number of nitrogens with zero attached hydrogens (tertiary/aromatic N) is 1. The summed E-state index contributed by atoms with van der Waals surface area (Å²) in [5.41, 5.74) is 1.99. The zero-order valence-electron chi connectivity index (χ0n) is 12.2. The van der Waals surface area contributed by atoms with Gasteiger partial charge in [0.15, 0.2) is 0 Å². The Morgan fingerprint density at radius 2 is 1.95 bits per heavy atom. The summed E-state index contributed by atoms with van der Waals surface area (Å²) in [6.07, 6.45) is 0.826. The molecule has 3 nitrogen and oxygen atoms in total. The van der Waals surface area contributed by atoms with Gasteiger partial charge in [-0.05, 0) is 36.4 Å². The highest BCUT2D eigenvalue weighted by molar-refractivity contribution is 7.14. The number of aromatic hydroxyl groups is 1. The molecule has 0 saturated heterocycles. The highest BCUT2D eigenvalue weighted by atomic mass is 32.1. The SMILES string of the molecule is Cc1ccc(C(=O)N2CCc3c2cc(O)c2ccccc32)s1. The summed E-state index contributed by atoms with van der Waals surface area (Å²) in [6, 6.07) is 13.4. The van der Waals surface area contributed by atoms with Crippen LogP contribution in [0.25, 0.3) is 10.8 Å². The third-order valence-electron chi connectivity index (χ3n) is 4.18. The maximum absolute atomic E-state index is 12.7. The van der Waals surface area contributed by atoms with Crippen LogP contribution in [-0.2, 0) is 6.42 Å². The Bertz CT molecular complexity index is 897. The molecule has 0 spiro atoms. The predicted molar refractivity (Wildman–Crippen MR) is 90.0 cm³/mol. The second kappa shape index (κ2) is 4.85. The molecule has 0 unspecified atom stereocenters. The van der Waals surface area contributed by atoms with E-state index in [0.717, 1.165) is 38.2 Å². The Hall–Kier alpha value is -2.33. The second-order valence-corrected chi connectivity index (χ2v) is 6.84. The fraction of sp³-hybridized carbons (Fsp3) is 0.167. The van der Waals surface area contributed by atoms with E-state index in [1.54, 1.807) is 11.0 Å². The molecule has 4 rings (SSSR count). The van der Waals surface area contributed by atoms with Gasteiger partial charge in [-0.15, -0.1) is 11.3 Å². The van der Waals surface area contributed by atoms with Crippen LogP contribution in [0.3, 0.4) is 0 Å². The summed E-state index contributed by atoms with van der Waals surface area (Å²) in [7, 11) is 0. The number of anilines is 1. The van der Waals surface area contributed by atoms with E-state index in [0.29, 0.717) is 6.54 Å². The number of phenols is 1. The third-order valence-corrected chi connectivity index (χ3v) is 5.17. The maximum Gasteiger partial charge on any atom is 0.268 e. The van der Waals surface area contributed by atoms with E-state index in [1.807, 2.05) is 43.3 Å². The van der Waals surface area contributed by atoms with Crippen molar-refractivity contribution in [2.75, 3.05) is 11.4 Å². The smallest absolute Gasteiger partial charge is 0.268 e. The van der Waals surface area contributed by atoms with E-state index in [9.17, 15) is 9.90 Å². The molecule has 0 bridgehead atoms. The number of fused-ring (bicyclic) bond motifs is 3. The van der Waals surface area contributed by atoms with Crippen LogP contribution in [0.15, 0.2) is 42.5 Å². The molecule has 110 valence electrons. The van der Waals surface area contributed by atoms with E-state index in [1.165, 1.54) is 11.3 Å². The average molecular weight is 309 g/mol. The molecule has 1 aliphatic heterocycles. The molecule has 1 aromatic heterocycles. The molecule has 0 aliphatic carbocycles. The van der Waals surface area contributed by atoms with Crippen LogP contribution in [0.1, 0.15) is 20.1 Å². The Labute approximate surface area is 132 Å². The Balaban J connectivity index is 1.84. The largest absolute Gasteiger partial charge is 0.507 e. The molecule has 0 saturated carbocycles. The average Bonchev–Trinajstić information content (AvgIpc) is 3.13. The van der Waals surface area contributed by atoms with Crippen molar-refractivity contribution in [3.05, 3.63) is 57.8 Å². The first-order valence-electron chi connectivity index (χ1n) is 7.27. The van der Waals surface area contributed by atoms with Gasteiger partial charge in [0.1, 0.15) is 5.75 Å². The summed E-state index contributed by atoms with van der Waals surface area (Å²) >= 11 is 1.51. The standard InChI is InChI=1S/C18H15NO2S/c1-11-6-7-17(22-11)18(21)19-9-8-13-12-4-2-3-5-14(12)16(20)10-15(13)19/h2-7,10,20H,8-9H2,1H3. The first-order valence-corrected chi connectivity index (χ1v) is 8.08. The van der Waals surface area contributed by atoms with Crippen LogP contribution in [0.2, 0.25) is 0 Å². The van der Waals surface area contributed by atoms with Crippen LogP contribution in [0.4, 0.5) is 5.69 Å². The number of thiophene rings is 1. The molecule has 22 heavy (non-hydrogen) atoms. The maximum atomic E-state index is 12.7. The molecule has 1 amide bonds. The first kappa shape index (κ1) is 13.3. The van der Waals surface area contributed by atoms with Gasteiger partial charge in [-0.2, -0.15) is 0 Å². The van der Waals surface area contributed by atoms with Gasteiger partial charge in [0.25, 0.3) is 5.91 Å². The zero-order valence-corrected chi connectivity index (χ0v) is 13.0. The topological polar surface area (TPSA) is 40.5 Å². The predicted octanol–water partition coefficient (Wildman–Crippen LogP) is 4.12. The summed E-state index contributed by atoms with van der Waals surface area (Å²) in [6.45, 7) is 2.66. The number of carbonyl (C=O) groups excluding carboxylic acids is 1. The normalized spacial score (nSPS) is 13.6. The fourth-order valence-corrected chi connectivity index (χ4v) is 3.96. The zero-order chi connectivity index (χ0) is 15.3. The summed E-state index contributed by atoms with van der Waals surface area (Å²) in [5, 5.41) is 12.2. The second-order valence-electron chi connectivity index (χ2n) is 5.56. The van der Waals surface area contributed by atoms with Crippen LogP contribution in [0.5, 0.6) is 5.75 Å². The summed E-state index contributed by atoms with van der Waals surface area (Å²) in [5.74, 6) is 0.253. The quantitative estimate of drug-likeness (QED) is 0.734. The van der Waals surface area contributed by atoms with Crippen LogP contribution in [-0.4, -0.2) is 17.6 Å². The fourth-order valence-electron chi connectivity index (χ4n) is 3.14. The Morgan fingerprint density at radius 3 is 2.68 bits per heavy atom. The number of hydrogen-bond acceptors (Lipinski definition) is 3. The van der Waals surface area contributed by atoms with Gasteiger partial charge in [0.2, 0.25) is 0 Å². The van der Waals surface area contributed by atoms with Gasteiger partial charge in [-0.25, -0.2) is 0 Å². The van der Waals surface area contributed by atoms with Crippen molar-refractivity contribution in [3.63, 3.8) is 0 Å². The molecule has 3 aromatic rings. The van der Waals surface area contributed by atoms with Gasteiger partial charge in [0, 0.05) is 22.9 Å². The van der Waals surface area contributed by atoms with Crippen LogP contribution < -0.4 is 4.90 Å². The van der Waals surface area contributed by atoms with E-state index in [2.05, 4.69) is 0 Å². The number of amides is 1. The van der Waals surface area contributed by atoms with Gasteiger partial charge in [-0.3, -0.25) is 4.79 Å². The summed E-state index contributed by atoms with van der Waals surface area (Å²) < 4.78 is 0. The van der Waals surface area contributed by atoms with Gasteiger partial charge in [-0.1, -0.05) is 24.3 Å². The Morgan fingerprint density at radius 1 is 1.18 bits per heavy atom. The first-order chi connectivity index (χ1) is 10.6. The third kappa shape index (κ3) is 1.91. The van der Waals surface area contributed by atoms with Crippen molar-refractivity contribution in [1.82, 2.24) is 0 Å². The van der Waals surface area contributed by atoms with Crippen molar-refractivity contribution in [1.29, 1.82) is 0 Å². The minimum atomic E-state index is 0.0199. The van der Waals surface area contributed by atoms with Crippen molar-refractivity contribution in [2.45, 2.75) is 13.3 Å². The molecule has 2 aromatic carbocycles. The molecular formula is C18H15NO2S. The highest BCUT2D eigenvalue weighted by Gasteiger charge is 2.28. The van der Waals surface area contributed by atoms with Crippen LogP contribution in [0, 0.1) is 6.92 Å². The number of benzene rings is 2. The molecule has 0 radical (unpaired) electrons. The monoisotopic (exact) mass is 309 g/mol. The van der Waals surface area contributed by atoms with Gasteiger partial charge >= 0.3 is 0 Å². The van der Waals surface area contributed by atoms with E-state index < -0.39 is 0 Å². The molecule has 0 fully saturated rings. The number of phenolic OH excluding ortho intramolecular Hbond substituents is 1. The van der Waals surface area contributed by atoms with Gasteiger partial charge < -0.3 is 10.0 Å². The van der Waals surface area contributed by atoms with Crippen molar-refractivity contribution in [3.8, 4) is 5.75 Å². The summed E-state index contributed by atoms with van der Waals surface area (Å²) in [4.78, 5) is 16.4. The highest BCUT2D eigenvalue weighted by Crippen LogP contribution is 2.40. The lowest BCUT2D eigenvalue weighted by atomic mass is 10.0. The lowest BCUT2D eigenvalue weighted by Gasteiger charge is -2.17. The minimum absolute atomic E-state index is 0.0199. The lowest BCUT2D eigenvalue weighted by molar-refractivity contribution is 0.0993. The van der Waals surface area contributed by atoms with E-state index in [-0.39, 0.29) is 11.7 Å². The van der Waals surface area contributed by atoms with Gasteiger partial charge in [0.05, 0.1) is 10.6 Å². The molecule has 4 heteroatoms. The number of rotatable bonds is 1.